The normalized spacial score (nSPS) is 21.2. The van der Waals surface area contributed by atoms with Gasteiger partial charge in [0.15, 0.2) is 0 Å². The molecule has 0 aliphatic heterocycles. The predicted molar refractivity (Wildman–Crippen MR) is 80.6 cm³/mol. The summed E-state index contributed by atoms with van der Waals surface area (Å²) in [6, 6.07) is 4.32. The van der Waals surface area contributed by atoms with Crippen LogP contribution in [0.4, 0.5) is 0 Å². The van der Waals surface area contributed by atoms with Crippen LogP contribution in [0, 0.1) is 19.3 Å². The summed E-state index contributed by atoms with van der Waals surface area (Å²) in [5, 5.41) is 0. The molecule has 1 aliphatic rings. The number of rotatable bonds is 2. The standard InChI is InChI=1S/C17H27NO/c1-12-10-13(2)15(14(11-12)19-5)17(18)8-6-16(3,4)7-9-17/h10-11H,6-9,18H2,1-5H3. The van der Waals surface area contributed by atoms with Gasteiger partial charge in [-0.05, 0) is 62.1 Å². The topological polar surface area (TPSA) is 35.2 Å². The number of ether oxygens (including phenoxy) is 1. The molecule has 0 aromatic heterocycles. The van der Waals surface area contributed by atoms with Gasteiger partial charge < -0.3 is 10.5 Å². The Bertz CT molecular complexity index is 466. The Morgan fingerprint density at radius 1 is 1.05 bits per heavy atom. The largest absolute Gasteiger partial charge is 0.496 e. The van der Waals surface area contributed by atoms with E-state index < -0.39 is 0 Å². The van der Waals surface area contributed by atoms with Gasteiger partial charge in [0.2, 0.25) is 0 Å². The van der Waals surface area contributed by atoms with Gasteiger partial charge in [-0.15, -0.1) is 0 Å². The summed E-state index contributed by atoms with van der Waals surface area (Å²) in [6.45, 7) is 8.93. The Labute approximate surface area is 117 Å². The first-order valence-corrected chi connectivity index (χ1v) is 7.22. The van der Waals surface area contributed by atoms with Crippen LogP contribution in [-0.2, 0) is 5.54 Å². The van der Waals surface area contributed by atoms with E-state index in [1.165, 1.54) is 29.5 Å². The average Bonchev–Trinajstić information content (AvgIpc) is 2.32. The fourth-order valence-electron chi connectivity index (χ4n) is 3.35. The quantitative estimate of drug-likeness (QED) is 0.871. The van der Waals surface area contributed by atoms with Crippen LogP contribution in [0.3, 0.4) is 0 Å². The highest BCUT2D eigenvalue weighted by Crippen LogP contribution is 2.47. The maximum absolute atomic E-state index is 6.75. The van der Waals surface area contributed by atoms with Gasteiger partial charge in [0.1, 0.15) is 5.75 Å². The third kappa shape index (κ3) is 2.79. The molecule has 0 unspecified atom stereocenters. The fraction of sp³-hybridized carbons (Fsp3) is 0.647. The molecule has 0 spiro atoms. The first kappa shape index (κ1) is 14.4. The molecule has 2 nitrogen and oxygen atoms in total. The second-order valence-electron chi connectivity index (χ2n) is 6.98. The minimum atomic E-state index is -0.224. The van der Waals surface area contributed by atoms with Crippen LogP contribution in [0.1, 0.15) is 56.2 Å². The van der Waals surface area contributed by atoms with E-state index >= 15 is 0 Å². The maximum Gasteiger partial charge on any atom is 0.124 e. The summed E-state index contributed by atoms with van der Waals surface area (Å²) in [5.74, 6) is 0.958. The number of methoxy groups -OCH3 is 1. The molecule has 1 fully saturated rings. The lowest BCUT2D eigenvalue weighted by Crippen LogP contribution is -2.43. The highest BCUT2D eigenvalue weighted by Gasteiger charge is 2.39. The first-order chi connectivity index (χ1) is 8.77. The summed E-state index contributed by atoms with van der Waals surface area (Å²) in [5.41, 5.74) is 10.7. The van der Waals surface area contributed by atoms with Crippen LogP contribution < -0.4 is 10.5 Å². The van der Waals surface area contributed by atoms with Crippen molar-refractivity contribution in [3.05, 3.63) is 28.8 Å². The van der Waals surface area contributed by atoms with Gasteiger partial charge in [0, 0.05) is 11.1 Å². The van der Waals surface area contributed by atoms with Crippen LogP contribution in [0.15, 0.2) is 12.1 Å². The molecule has 19 heavy (non-hydrogen) atoms. The Hall–Kier alpha value is -1.02. The summed E-state index contributed by atoms with van der Waals surface area (Å²) in [6.07, 6.45) is 4.44. The second kappa shape index (κ2) is 4.82. The van der Waals surface area contributed by atoms with E-state index in [2.05, 4.69) is 39.8 Å². The monoisotopic (exact) mass is 261 g/mol. The van der Waals surface area contributed by atoms with Crippen molar-refractivity contribution in [2.75, 3.05) is 7.11 Å². The summed E-state index contributed by atoms with van der Waals surface area (Å²) in [4.78, 5) is 0. The molecule has 1 aliphatic carbocycles. The van der Waals surface area contributed by atoms with Crippen molar-refractivity contribution in [2.24, 2.45) is 11.1 Å². The number of hydrogen-bond acceptors (Lipinski definition) is 2. The van der Waals surface area contributed by atoms with Crippen LogP contribution in [0.2, 0.25) is 0 Å². The third-order valence-corrected chi connectivity index (χ3v) is 4.66. The molecule has 106 valence electrons. The molecule has 0 amide bonds. The molecule has 2 heteroatoms. The lowest BCUT2D eigenvalue weighted by molar-refractivity contribution is 0.162. The summed E-state index contributed by atoms with van der Waals surface area (Å²) >= 11 is 0. The van der Waals surface area contributed by atoms with Crippen LogP contribution in [-0.4, -0.2) is 7.11 Å². The highest BCUT2D eigenvalue weighted by atomic mass is 16.5. The third-order valence-electron chi connectivity index (χ3n) is 4.66. The fourth-order valence-corrected chi connectivity index (χ4v) is 3.35. The van der Waals surface area contributed by atoms with Gasteiger partial charge in [-0.3, -0.25) is 0 Å². The van der Waals surface area contributed by atoms with Gasteiger partial charge >= 0.3 is 0 Å². The summed E-state index contributed by atoms with van der Waals surface area (Å²) in [7, 11) is 1.74. The van der Waals surface area contributed by atoms with Crippen molar-refractivity contribution >= 4 is 0 Å². The number of aryl methyl sites for hydroxylation is 2. The van der Waals surface area contributed by atoms with E-state index in [9.17, 15) is 0 Å². The number of hydrogen-bond donors (Lipinski definition) is 1. The van der Waals surface area contributed by atoms with Crippen LogP contribution in [0.25, 0.3) is 0 Å². The van der Waals surface area contributed by atoms with Gasteiger partial charge in [-0.2, -0.15) is 0 Å². The van der Waals surface area contributed by atoms with Crippen LogP contribution in [0.5, 0.6) is 5.75 Å². The van der Waals surface area contributed by atoms with Gasteiger partial charge in [0.25, 0.3) is 0 Å². The Morgan fingerprint density at radius 2 is 1.63 bits per heavy atom. The van der Waals surface area contributed by atoms with Crippen molar-refractivity contribution in [2.45, 2.75) is 58.9 Å². The van der Waals surface area contributed by atoms with Gasteiger partial charge in [-0.25, -0.2) is 0 Å². The molecule has 2 N–H and O–H groups in total. The lowest BCUT2D eigenvalue weighted by atomic mass is 9.66. The molecule has 0 bridgehead atoms. The van der Waals surface area contributed by atoms with Gasteiger partial charge in [0.05, 0.1) is 7.11 Å². The second-order valence-corrected chi connectivity index (χ2v) is 6.98. The smallest absolute Gasteiger partial charge is 0.124 e. The Balaban J connectivity index is 2.41. The molecular formula is C17H27NO. The molecule has 1 aromatic carbocycles. The predicted octanol–water partition coefficient (Wildman–Crippen LogP) is 4.07. The molecule has 0 heterocycles. The molecule has 0 saturated heterocycles. The molecule has 0 radical (unpaired) electrons. The van der Waals surface area contributed by atoms with E-state index in [1.807, 2.05) is 0 Å². The minimum absolute atomic E-state index is 0.224. The molecule has 1 aromatic rings. The van der Waals surface area contributed by atoms with E-state index in [-0.39, 0.29) is 5.54 Å². The minimum Gasteiger partial charge on any atom is -0.496 e. The average molecular weight is 261 g/mol. The SMILES string of the molecule is COc1cc(C)cc(C)c1C1(N)CCC(C)(C)CC1. The van der Waals surface area contributed by atoms with Gasteiger partial charge in [-0.1, -0.05) is 19.9 Å². The molecule has 1 saturated carbocycles. The lowest BCUT2D eigenvalue weighted by Gasteiger charge is -2.42. The van der Waals surface area contributed by atoms with Crippen molar-refractivity contribution in [1.29, 1.82) is 0 Å². The molecular weight excluding hydrogens is 234 g/mol. The van der Waals surface area contributed by atoms with Crippen LogP contribution >= 0.6 is 0 Å². The van der Waals surface area contributed by atoms with Crippen molar-refractivity contribution in [1.82, 2.24) is 0 Å². The summed E-state index contributed by atoms with van der Waals surface area (Å²) < 4.78 is 5.60. The van der Waals surface area contributed by atoms with E-state index in [0.717, 1.165) is 18.6 Å². The zero-order valence-corrected chi connectivity index (χ0v) is 13.0. The van der Waals surface area contributed by atoms with Crippen molar-refractivity contribution in [3.8, 4) is 5.75 Å². The van der Waals surface area contributed by atoms with Crippen molar-refractivity contribution in [3.63, 3.8) is 0 Å². The maximum atomic E-state index is 6.75. The van der Waals surface area contributed by atoms with E-state index in [1.54, 1.807) is 7.11 Å². The molecule has 0 atom stereocenters. The van der Waals surface area contributed by atoms with Crippen molar-refractivity contribution < 1.29 is 4.74 Å². The van der Waals surface area contributed by atoms with E-state index in [0.29, 0.717) is 5.41 Å². The zero-order valence-electron chi connectivity index (χ0n) is 13.0. The Morgan fingerprint density at radius 3 is 2.16 bits per heavy atom. The Kier molecular flexibility index (Phi) is 3.65. The molecule has 2 rings (SSSR count). The number of benzene rings is 1. The first-order valence-electron chi connectivity index (χ1n) is 7.22. The zero-order chi connectivity index (χ0) is 14.3. The van der Waals surface area contributed by atoms with E-state index in [4.69, 9.17) is 10.5 Å². The number of nitrogens with two attached hydrogens (primary N) is 1. The highest BCUT2D eigenvalue weighted by molar-refractivity contribution is 5.47.